The van der Waals surface area contributed by atoms with Crippen molar-refractivity contribution in [3.63, 3.8) is 0 Å². The fraction of sp³-hybridized carbons (Fsp3) is 0.346. The van der Waals surface area contributed by atoms with Gasteiger partial charge in [0, 0.05) is 29.7 Å². The van der Waals surface area contributed by atoms with Gasteiger partial charge in [-0.1, -0.05) is 36.4 Å². The minimum absolute atomic E-state index is 0.0117. The van der Waals surface area contributed by atoms with Crippen LogP contribution in [0.4, 0.5) is 10.2 Å². The normalized spacial score (nSPS) is 15.8. The van der Waals surface area contributed by atoms with Crippen LogP contribution in [0.25, 0.3) is 20.3 Å². The van der Waals surface area contributed by atoms with Gasteiger partial charge in [0.05, 0.1) is 15.6 Å². The van der Waals surface area contributed by atoms with Gasteiger partial charge in [-0.3, -0.25) is 4.79 Å². The standard InChI is InChI=1S/C26H27FN4OS/c1-17(10-11-18-6-3-2-4-7-18)30-26(32)19-12-14-31(15-13-19)25-24-23(28-16-29-25)22-20(27)8-5-9-21(22)33-24/h2-9,16-17,19H,10-15H2,1H3,(H,30,32)/t17-/m1/s1. The molecular weight excluding hydrogens is 435 g/mol. The summed E-state index contributed by atoms with van der Waals surface area (Å²) >= 11 is 1.53. The van der Waals surface area contributed by atoms with Crippen LogP contribution in [0, 0.1) is 11.7 Å². The van der Waals surface area contributed by atoms with Gasteiger partial charge in [-0.15, -0.1) is 11.3 Å². The molecule has 170 valence electrons. The summed E-state index contributed by atoms with van der Waals surface area (Å²) in [6, 6.07) is 15.6. The number of nitrogens with zero attached hydrogens (tertiary/aromatic N) is 3. The highest BCUT2D eigenvalue weighted by Gasteiger charge is 2.28. The number of hydrogen-bond acceptors (Lipinski definition) is 5. The van der Waals surface area contributed by atoms with E-state index in [4.69, 9.17) is 0 Å². The second-order valence-electron chi connectivity index (χ2n) is 8.79. The Kier molecular flexibility index (Phi) is 6.22. The quantitative estimate of drug-likeness (QED) is 0.420. The molecule has 3 heterocycles. The number of aromatic nitrogens is 2. The number of anilines is 1. The lowest BCUT2D eigenvalue weighted by atomic mass is 9.95. The molecule has 1 atom stereocenters. The molecule has 1 N–H and O–H groups in total. The molecule has 1 amide bonds. The molecule has 0 spiro atoms. The molecule has 4 aromatic rings. The third kappa shape index (κ3) is 4.55. The van der Waals surface area contributed by atoms with E-state index in [0.29, 0.717) is 10.9 Å². The van der Waals surface area contributed by atoms with Crippen molar-refractivity contribution in [1.29, 1.82) is 0 Å². The first-order valence-electron chi connectivity index (χ1n) is 11.5. The van der Waals surface area contributed by atoms with Crippen molar-refractivity contribution in [2.75, 3.05) is 18.0 Å². The Balaban J connectivity index is 1.21. The summed E-state index contributed by atoms with van der Waals surface area (Å²) in [6.45, 7) is 3.58. The van der Waals surface area contributed by atoms with E-state index in [2.05, 4.69) is 39.2 Å². The van der Waals surface area contributed by atoms with Gasteiger partial charge >= 0.3 is 0 Å². The summed E-state index contributed by atoms with van der Waals surface area (Å²) in [5, 5.41) is 3.77. The molecule has 2 aromatic heterocycles. The molecule has 0 bridgehead atoms. The molecular formula is C26H27FN4OS. The number of nitrogens with one attached hydrogen (secondary N) is 1. The highest BCUT2D eigenvalue weighted by Crippen LogP contribution is 2.39. The number of benzene rings is 2. The van der Waals surface area contributed by atoms with E-state index in [1.54, 1.807) is 6.07 Å². The van der Waals surface area contributed by atoms with E-state index in [1.165, 1.54) is 29.3 Å². The minimum atomic E-state index is -0.250. The van der Waals surface area contributed by atoms with E-state index in [-0.39, 0.29) is 23.7 Å². The van der Waals surface area contributed by atoms with Crippen LogP contribution in [0.1, 0.15) is 31.7 Å². The monoisotopic (exact) mass is 462 g/mol. The van der Waals surface area contributed by atoms with Crippen LogP contribution in [0.3, 0.4) is 0 Å². The first-order chi connectivity index (χ1) is 16.1. The summed E-state index contributed by atoms with van der Waals surface area (Å²) < 4.78 is 16.2. The molecule has 7 heteroatoms. The van der Waals surface area contributed by atoms with E-state index in [0.717, 1.165) is 54.0 Å². The van der Waals surface area contributed by atoms with Crippen LogP contribution in [-0.4, -0.2) is 35.0 Å². The molecule has 33 heavy (non-hydrogen) atoms. The highest BCUT2D eigenvalue weighted by molar-refractivity contribution is 7.26. The number of hydrogen-bond donors (Lipinski definition) is 1. The second kappa shape index (κ2) is 9.43. The average Bonchev–Trinajstić information content (AvgIpc) is 3.23. The predicted molar refractivity (Wildman–Crippen MR) is 132 cm³/mol. The van der Waals surface area contributed by atoms with Crippen molar-refractivity contribution in [1.82, 2.24) is 15.3 Å². The molecule has 1 fully saturated rings. The second-order valence-corrected chi connectivity index (χ2v) is 9.84. The third-order valence-electron chi connectivity index (χ3n) is 6.47. The van der Waals surface area contributed by atoms with Crippen LogP contribution < -0.4 is 10.2 Å². The van der Waals surface area contributed by atoms with Gasteiger partial charge < -0.3 is 10.2 Å². The van der Waals surface area contributed by atoms with Crippen molar-refractivity contribution in [3.8, 4) is 0 Å². The minimum Gasteiger partial charge on any atom is -0.355 e. The Labute approximate surface area is 196 Å². The lowest BCUT2D eigenvalue weighted by Crippen LogP contribution is -2.43. The Morgan fingerprint density at radius 1 is 1.15 bits per heavy atom. The van der Waals surface area contributed by atoms with Gasteiger partial charge in [0.25, 0.3) is 0 Å². The first kappa shape index (κ1) is 21.8. The van der Waals surface area contributed by atoms with Gasteiger partial charge in [0.2, 0.25) is 5.91 Å². The molecule has 0 saturated carbocycles. The average molecular weight is 463 g/mol. The molecule has 2 aromatic carbocycles. The van der Waals surface area contributed by atoms with Crippen molar-refractivity contribution >= 4 is 43.4 Å². The number of aryl methyl sites for hydroxylation is 1. The lowest BCUT2D eigenvalue weighted by molar-refractivity contribution is -0.126. The summed E-state index contributed by atoms with van der Waals surface area (Å²) in [7, 11) is 0. The molecule has 0 radical (unpaired) electrons. The number of fused-ring (bicyclic) bond motifs is 3. The zero-order valence-corrected chi connectivity index (χ0v) is 19.4. The van der Waals surface area contributed by atoms with Gasteiger partial charge in [-0.2, -0.15) is 0 Å². The van der Waals surface area contributed by atoms with Crippen LogP contribution >= 0.6 is 11.3 Å². The number of thiophene rings is 1. The zero-order chi connectivity index (χ0) is 22.8. The largest absolute Gasteiger partial charge is 0.355 e. The summed E-state index contributed by atoms with van der Waals surface area (Å²) in [4.78, 5) is 23.9. The van der Waals surface area contributed by atoms with Crippen LogP contribution in [0.5, 0.6) is 0 Å². The van der Waals surface area contributed by atoms with Crippen LogP contribution in [-0.2, 0) is 11.2 Å². The summed E-state index contributed by atoms with van der Waals surface area (Å²) in [6.07, 6.45) is 4.96. The van der Waals surface area contributed by atoms with Crippen molar-refractivity contribution in [2.45, 2.75) is 38.6 Å². The van der Waals surface area contributed by atoms with E-state index >= 15 is 0 Å². The maximum Gasteiger partial charge on any atom is 0.223 e. The smallest absolute Gasteiger partial charge is 0.223 e. The lowest BCUT2D eigenvalue weighted by Gasteiger charge is -2.32. The molecule has 1 aliphatic rings. The maximum atomic E-state index is 14.4. The summed E-state index contributed by atoms with van der Waals surface area (Å²) in [5.41, 5.74) is 1.97. The van der Waals surface area contributed by atoms with Crippen LogP contribution in [0.15, 0.2) is 54.9 Å². The molecule has 5 nitrogen and oxygen atoms in total. The fourth-order valence-electron chi connectivity index (χ4n) is 4.61. The van der Waals surface area contributed by atoms with Crippen LogP contribution in [0.2, 0.25) is 0 Å². The number of amides is 1. The number of rotatable bonds is 6. The number of halogens is 1. The number of piperidine rings is 1. The molecule has 1 saturated heterocycles. The van der Waals surface area contributed by atoms with E-state index in [9.17, 15) is 9.18 Å². The van der Waals surface area contributed by atoms with Crippen molar-refractivity contribution in [2.24, 2.45) is 5.92 Å². The first-order valence-corrected chi connectivity index (χ1v) is 12.3. The molecule has 1 aliphatic heterocycles. The Bertz CT molecular complexity index is 1270. The van der Waals surface area contributed by atoms with Gasteiger partial charge in [0.15, 0.2) is 0 Å². The maximum absolute atomic E-state index is 14.4. The van der Waals surface area contributed by atoms with Crippen molar-refractivity contribution < 1.29 is 9.18 Å². The third-order valence-corrected chi connectivity index (χ3v) is 7.61. The molecule has 0 aliphatic carbocycles. The Morgan fingerprint density at radius 2 is 1.94 bits per heavy atom. The number of carbonyl (C=O) groups excluding carboxylic acids is 1. The molecule has 5 rings (SSSR count). The topological polar surface area (TPSA) is 58.1 Å². The Hall–Kier alpha value is -3.06. The summed E-state index contributed by atoms with van der Waals surface area (Å²) in [5.74, 6) is 0.750. The zero-order valence-electron chi connectivity index (χ0n) is 18.6. The van der Waals surface area contributed by atoms with E-state index < -0.39 is 0 Å². The fourth-order valence-corrected chi connectivity index (χ4v) is 5.79. The SMILES string of the molecule is C[C@H](CCc1ccccc1)NC(=O)C1CCN(c2ncnc3c2sc2cccc(F)c23)CC1. The van der Waals surface area contributed by atoms with Crippen molar-refractivity contribution in [3.05, 3.63) is 66.2 Å². The Morgan fingerprint density at radius 3 is 2.73 bits per heavy atom. The predicted octanol–water partition coefficient (Wildman–Crippen LogP) is 5.34. The highest BCUT2D eigenvalue weighted by atomic mass is 32.1. The van der Waals surface area contributed by atoms with Gasteiger partial charge in [0.1, 0.15) is 18.0 Å². The number of carbonyl (C=O) groups is 1. The molecule has 0 unspecified atom stereocenters. The van der Waals surface area contributed by atoms with E-state index in [1.807, 2.05) is 24.3 Å². The van der Waals surface area contributed by atoms with Gasteiger partial charge in [-0.05, 0) is 50.3 Å². The van der Waals surface area contributed by atoms with Gasteiger partial charge in [-0.25, -0.2) is 14.4 Å².